The summed E-state index contributed by atoms with van der Waals surface area (Å²) < 4.78 is 10.1. The maximum atomic E-state index is 12.7. The molecule has 0 bridgehead atoms. The van der Waals surface area contributed by atoms with Crippen LogP contribution in [0.15, 0.2) is 58.7 Å². The molecule has 0 spiro atoms. The van der Waals surface area contributed by atoms with E-state index in [0.717, 1.165) is 30.4 Å². The molecule has 1 fully saturated rings. The Labute approximate surface area is 152 Å². The van der Waals surface area contributed by atoms with Gasteiger partial charge in [-0.25, -0.2) is 4.79 Å². The Morgan fingerprint density at radius 2 is 1.96 bits per heavy atom. The monoisotopic (exact) mass is 351 g/mol. The van der Waals surface area contributed by atoms with Gasteiger partial charge in [0.15, 0.2) is 0 Å². The highest BCUT2D eigenvalue weighted by molar-refractivity contribution is 5.97. The van der Waals surface area contributed by atoms with Crippen LogP contribution in [0.25, 0.3) is 11.3 Å². The van der Waals surface area contributed by atoms with Crippen molar-refractivity contribution >= 4 is 17.6 Å². The molecule has 0 aliphatic heterocycles. The Morgan fingerprint density at radius 3 is 2.62 bits per heavy atom. The van der Waals surface area contributed by atoms with Crippen LogP contribution in [-0.4, -0.2) is 19.0 Å². The van der Waals surface area contributed by atoms with E-state index in [2.05, 4.69) is 22.4 Å². The number of furan rings is 1. The summed E-state index contributed by atoms with van der Waals surface area (Å²) in [6, 6.07) is 10.6. The summed E-state index contributed by atoms with van der Waals surface area (Å²) in [6.45, 7) is 5.65. The van der Waals surface area contributed by atoms with Crippen LogP contribution in [0.2, 0.25) is 0 Å². The predicted molar refractivity (Wildman–Crippen MR) is 98.7 cm³/mol. The van der Waals surface area contributed by atoms with Crippen LogP contribution in [0.1, 0.15) is 36.7 Å². The van der Waals surface area contributed by atoms with E-state index < -0.39 is 11.4 Å². The van der Waals surface area contributed by atoms with Gasteiger partial charge >= 0.3 is 5.97 Å². The second kappa shape index (κ2) is 7.06. The predicted octanol–water partition coefficient (Wildman–Crippen LogP) is 4.57. The van der Waals surface area contributed by atoms with Crippen molar-refractivity contribution in [2.24, 2.45) is 5.41 Å². The smallest absolute Gasteiger partial charge is 0.373 e. The van der Waals surface area contributed by atoms with Crippen molar-refractivity contribution in [2.75, 3.05) is 12.4 Å². The molecule has 1 amide bonds. The highest BCUT2D eigenvalue weighted by Crippen LogP contribution is 2.42. The average molecular weight is 351 g/mol. The number of rotatable bonds is 4. The van der Waals surface area contributed by atoms with Crippen LogP contribution in [0.3, 0.4) is 0 Å². The fourth-order valence-electron chi connectivity index (χ4n) is 3.27. The van der Waals surface area contributed by atoms with Gasteiger partial charge in [0.25, 0.3) is 0 Å². The molecule has 1 N–H and O–H groups in total. The number of benzene rings is 1. The quantitative estimate of drug-likeness (QED) is 0.647. The largest absolute Gasteiger partial charge is 0.463 e. The van der Waals surface area contributed by atoms with Crippen LogP contribution in [0.5, 0.6) is 0 Å². The van der Waals surface area contributed by atoms with Crippen molar-refractivity contribution < 1.29 is 18.7 Å². The summed E-state index contributed by atoms with van der Waals surface area (Å²) in [5, 5.41) is 2.97. The molecule has 0 saturated heterocycles. The fraction of sp³-hybridized carbons (Fsp3) is 0.286. The van der Waals surface area contributed by atoms with E-state index in [4.69, 9.17) is 4.42 Å². The van der Waals surface area contributed by atoms with Crippen molar-refractivity contribution in [1.82, 2.24) is 0 Å². The van der Waals surface area contributed by atoms with Crippen LogP contribution < -0.4 is 5.32 Å². The molecule has 1 saturated carbocycles. The molecule has 1 aliphatic rings. The summed E-state index contributed by atoms with van der Waals surface area (Å²) in [5.41, 5.74) is 4.86. The zero-order chi connectivity index (χ0) is 18.7. The maximum Gasteiger partial charge on any atom is 0.373 e. The maximum absolute atomic E-state index is 12.7. The van der Waals surface area contributed by atoms with Crippen molar-refractivity contribution in [1.29, 1.82) is 0 Å². The standard InChI is InChI=1S/C21H21NO4/c1-4-15-6-5-13-21(15,2)20(24)22-16-9-7-14(8-10-16)17-11-12-18(26-17)19(23)25-3/h7-12H,1,5-6,13H2,2-3H3,(H,22,24). The number of carbonyl (C=O) groups excluding carboxylic acids is 2. The molecule has 26 heavy (non-hydrogen) atoms. The van der Waals surface area contributed by atoms with Crippen molar-refractivity contribution in [2.45, 2.75) is 26.2 Å². The first-order chi connectivity index (χ1) is 12.5. The van der Waals surface area contributed by atoms with E-state index >= 15 is 0 Å². The summed E-state index contributed by atoms with van der Waals surface area (Å²) in [6.07, 6.45) is 2.65. The highest BCUT2D eigenvalue weighted by atomic mass is 16.5. The third-order valence-corrected chi connectivity index (χ3v) is 4.90. The van der Waals surface area contributed by atoms with Crippen LogP contribution in [-0.2, 0) is 9.53 Å². The minimum Gasteiger partial charge on any atom is -0.463 e. The van der Waals surface area contributed by atoms with E-state index in [1.54, 1.807) is 12.1 Å². The molecule has 1 aromatic carbocycles. The van der Waals surface area contributed by atoms with Crippen LogP contribution >= 0.6 is 0 Å². The van der Waals surface area contributed by atoms with Gasteiger partial charge < -0.3 is 14.5 Å². The number of methoxy groups -OCH3 is 1. The van der Waals surface area contributed by atoms with Gasteiger partial charge in [-0.15, -0.1) is 5.73 Å². The number of anilines is 1. The normalized spacial score (nSPS) is 19.1. The third kappa shape index (κ3) is 3.22. The summed E-state index contributed by atoms with van der Waals surface area (Å²) in [4.78, 5) is 24.2. The molecule has 0 radical (unpaired) electrons. The fourth-order valence-corrected chi connectivity index (χ4v) is 3.27. The van der Waals surface area contributed by atoms with Crippen molar-refractivity contribution in [3.63, 3.8) is 0 Å². The SMILES string of the molecule is C=C=C1CCCC1(C)C(=O)Nc1ccc(-c2ccc(C(=O)OC)o2)cc1. The molecule has 1 aromatic heterocycles. The molecule has 1 heterocycles. The minimum absolute atomic E-state index is 0.0418. The molecule has 5 heteroatoms. The first-order valence-corrected chi connectivity index (χ1v) is 8.47. The summed E-state index contributed by atoms with van der Waals surface area (Å²) >= 11 is 0. The lowest BCUT2D eigenvalue weighted by molar-refractivity contribution is -0.122. The van der Waals surface area contributed by atoms with E-state index in [1.165, 1.54) is 7.11 Å². The number of carbonyl (C=O) groups is 2. The molecule has 1 unspecified atom stereocenters. The van der Waals surface area contributed by atoms with Crippen molar-refractivity contribution in [3.8, 4) is 11.3 Å². The highest BCUT2D eigenvalue weighted by Gasteiger charge is 2.40. The topological polar surface area (TPSA) is 68.5 Å². The Balaban J connectivity index is 1.74. The number of hydrogen-bond donors (Lipinski definition) is 1. The number of nitrogens with one attached hydrogen (secondary N) is 1. The van der Waals surface area contributed by atoms with E-state index in [-0.39, 0.29) is 11.7 Å². The van der Waals surface area contributed by atoms with E-state index in [0.29, 0.717) is 11.4 Å². The first kappa shape index (κ1) is 17.8. The molecule has 3 rings (SSSR count). The van der Waals surface area contributed by atoms with Crippen LogP contribution in [0.4, 0.5) is 5.69 Å². The van der Waals surface area contributed by atoms with Gasteiger partial charge in [-0.3, -0.25) is 4.79 Å². The molecule has 1 aliphatic carbocycles. The zero-order valence-electron chi connectivity index (χ0n) is 14.9. The minimum atomic E-state index is -0.545. The van der Waals surface area contributed by atoms with Crippen molar-refractivity contribution in [3.05, 3.63) is 60.0 Å². The lowest BCUT2D eigenvalue weighted by Crippen LogP contribution is -2.32. The molecule has 2 aromatic rings. The number of ether oxygens (including phenoxy) is 1. The molecular weight excluding hydrogens is 330 g/mol. The van der Waals surface area contributed by atoms with Gasteiger partial charge in [0.1, 0.15) is 5.76 Å². The average Bonchev–Trinajstić information content (AvgIpc) is 3.29. The molecule has 1 atom stereocenters. The number of hydrogen-bond acceptors (Lipinski definition) is 4. The number of amides is 1. The zero-order valence-corrected chi connectivity index (χ0v) is 14.9. The van der Waals surface area contributed by atoms with Gasteiger partial charge in [0, 0.05) is 11.3 Å². The second-order valence-electron chi connectivity index (χ2n) is 6.53. The molecule has 134 valence electrons. The van der Waals surface area contributed by atoms with E-state index in [9.17, 15) is 9.59 Å². The molecular formula is C21H21NO4. The lowest BCUT2D eigenvalue weighted by atomic mass is 9.84. The van der Waals surface area contributed by atoms with Gasteiger partial charge in [0.2, 0.25) is 11.7 Å². The van der Waals surface area contributed by atoms with Gasteiger partial charge in [0.05, 0.1) is 12.5 Å². The Hall–Kier alpha value is -3.04. The summed E-state index contributed by atoms with van der Waals surface area (Å²) in [7, 11) is 1.31. The lowest BCUT2D eigenvalue weighted by Gasteiger charge is -2.23. The second-order valence-corrected chi connectivity index (χ2v) is 6.53. The van der Waals surface area contributed by atoms with Crippen LogP contribution in [0, 0.1) is 5.41 Å². The Morgan fingerprint density at radius 1 is 1.23 bits per heavy atom. The van der Waals surface area contributed by atoms with Gasteiger partial charge in [-0.1, -0.05) is 6.58 Å². The Bertz CT molecular complexity index is 887. The number of esters is 1. The third-order valence-electron chi connectivity index (χ3n) is 4.90. The van der Waals surface area contributed by atoms with Gasteiger partial charge in [-0.2, -0.15) is 0 Å². The van der Waals surface area contributed by atoms with Gasteiger partial charge in [-0.05, 0) is 68.2 Å². The Kier molecular flexibility index (Phi) is 4.83. The first-order valence-electron chi connectivity index (χ1n) is 8.47. The molecule has 5 nitrogen and oxygen atoms in total. The van der Waals surface area contributed by atoms with E-state index in [1.807, 2.05) is 31.2 Å². The summed E-state index contributed by atoms with van der Waals surface area (Å²) in [5.74, 6) is 0.150.